The fraction of sp³-hybridized carbons (Fsp3) is 0.692. The Labute approximate surface area is 187 Å². The van der Waals surface area contributed by atoms with Crippen LogP contribution in [0.5, 0.6) is 0 Å². The van der Waals surface area contributed by atoms with Gasteiger partial charge in [0.2, 0.25) is 0 Å². The van der Waals surface area contributed by atoms with E-state index in [2.05, 4.69) is 30.9 Å². The number of carbonyl (C=O) groups is 2. The SMILES string of the molecule is CC#CCCC(C)(/C=C/[C@H]1CCC(=O)[C@@H]1C/C=C\CCCC(=O)O)OC1CCCCO1. The first kappa shape index (κ1) is 25.4. The maximum absolute atomic E-state index is 12.4. The van der Waals surface area contributed by atoms with E-state index in [9.17, 15) is 9.59 Å². The standard InChI is InChI=1S/C26H38O5/c1-3-4-10-18-26(2,31-25-14-9-11-20-30-25)19-17-21-15-16-23(27)22(21)12-7-5-6-8-13-24(28)29/h5,7,17,19,21-22,25H,6,8-16,18,20H2,1-2H3,(H,28,29)/b7-5-,19-17+/t21-,22-,25?,26?/m1/s1. The fourth-order valence-electron chi connectivity index (χ4n) is 4.25. The number of carboxylic acid groups (broad SMARTS) is 1. The van der Waals surface area contributed by atoms with E-state index in [-0.39, 0.29) is 24.5 Å². The zero-order valence-electron chi connectivity index (χ0n) is 19.1. The smallest absolute Gasteiger partial charge is 0.303 e. The van der Waals surface area contributed by atoms with Crippen LogP contribution >= 0.6 is 0 Å². The molecule has 1 heterocycles. The van der Waals surface area contributed by atoms with Crippen molar-refractivity contribution in [2.45, 2.75) is 96.4 Å². The van der Waals surface area contributed by atoms with E-state index >= 15 is 0 Å². The molecule has 1 N–H and O–H groups in total. The average molecular weight is 431 g/mol. The van der Waals surface area contributed by atoms with Crippen molar-refractivity contribution in [2.75, 3.05) is 6.61 Å². The van der Waals surface area contributed by atoms with Crippen molar-refractivity contribution in [2.24, 2.45) is 11.8 Å². The van der Waals surface area contributed by atoms with E-state index in [0.29, 0.717) is 25.0 Å². The molecule has 2 fully saturated rings. The summed E-state index contributed by atoms with van der Waals surface area (Å²) in [6.07, 6.45) is 16.6. The van der Waals surface area contributed by atoms with Crippen LogP contribution in [0.3, 0.4) is 0 Å². The summed E-state index contributed by atoms with van der Waals surface area (Å²) in [5.41, 5.74) is -0.464. The van der Waals surface area contributed by atoms with Crippen LogP contribution in [0.4, 0.5) is 0 Å². The van der Waals surface area contributed by atoms with Gasteiger partial charge in [0.05, 0.1) is 5.60 Å². The third kappa shape index (κ3) is 9.41. The fourth-order valence-corrected chi connectivity index (χ4v) is 4.25. The lowest BCUT2D eigenvalue weighted by atomic mass is 9.89. The Balaban J connectivity index is 1.96. The number of rotatable bonds is 12. The number of hydrogen-bond acceptors (Lipinski definition) is 4. The molecule has 0 aromatic carbocycles. The second-order valence-electron chi connectivity index (χ2n) is 8.78. The first-order chi connectivity index (χ1) is 14.9. The number of unbranched alkanes of at least 4 members (excludes halogenated alkanes) is 1. The second kappa shape index (κ2) is 13.5. The number of hydrogen-bond donors (Lipinski definition) is 1. The molecule has 1 aliphatic heterocycles. The van der Waals surface area contributed by atoms with Gasteiger partial charge in [0, 0.05) is 31.8 Å². The van der Waals surface area contributed by atoms with E-state index in [0.717, 1.165) is 51.6 Å². The largest absolute Gasteiger partial charge is 0.481 e. The molecule has 5 nitrogen and oxygen atoms in total. The lowest BCUT2D eigenvalue weighted by Gasteiger charge is -2.33. The maximum Gasteiger partial charge on any atom is 0.303 e. The van der Waals surface area contributed by atoms with Crippen molar-refractivity contribution >= 4 is 11.8 Å². The van der Waals surface area contributed by atoms with Gasteiger partial charge >= 0.3 is 5.97 Å². The van der Waals surface area contributed by atoms with E-state index in [1.807, 2.05) is 19.1 Å². The van der Waals surface area contributed by atoms with Gasteiger partial charge in [0.1, 0.15) is 5.78 Å². The highest BCUT2D eigenvalue weighted by Crippen LogP contribution is 2.34. The Morgan fingerprint density at radius 1 is 1.32 bits per heavy atom. The Morgan fingerprint density at radius 3 is 2.87 bits per heavy atom. The number of aliphatic carboxylic acids is 1. The van der Waals surface area contributed by atoms with Gasteiger partial charge in [-0.25, -0.2) is 0 Å². The number of Topliss-reactive ketones (excluding diaryl/α,β-unsaturated/α-hetero) is 1. The monoisotopic (exact) mass is 430 g/mol. The van der Waals surface area contributed by atoms with E-state index < -0.39 is 11.6 Å². The van der Waals surface area contributed by atoms with Gasteiger partial charge in [0.25, 0.3) is 0 Å². The van der Waals surface area contributed by atoms with E-state index in [1.54, 1.807) is 0 Å². The predicted octanol–water partition coefficient (Wildman–Crippen LogP) is 5.44. The summed E-state index contributed by atoms with van der Waals surface area (Å²) >= 11 is 0. The van der Waals surface area contributed by atoms with Crippen molar-refractivity contribution in [1.82, 2.24) is 0 Å². The summed E-state index contributed by atoms with van der Waals surface area (Å²) in [5, 5.41) is 8.71. The second-order valence-corrected chi connectivity index (χ2v) is 8.78. The lowest BCUT2D eigenvalue weighted by molar-refractivity contribution is -0.207. The van der Waals surface area contributed by atoms with Crippen molar-refractivity contribution < 1.29 is 24.2 Å². The third-order valence-corrected chi connectivity index (χ3v) is 6.13. The van der Waals surface area contributed by atoms with Gasteiger partial charge in [-0.15, -0.1) is 11.8 Å². The normalized spacial score (nSPS) is 26.1. The molecule has 0 aromatic heterocycles. The zero-order valence-corrected chi connectivity index (χ0v) is 19.1. The minimum Gasteiger partial charge on any atom is -0.481 e. The van der Waals surface area contributed by atoms with Crippen molar-refractivity contribution in [1.29, 1.82) is 0 Å². The summed E-state index contributed by atoms with van der Waals surface area (Å²) in [6.45, 7) is 4.69. The molecule has 4 atom stereocenters. The van der Waals surface area contributed by atoms with E-state index in [4.69, 9.17) is 14.6 Å². The highest BCUT2D eigenvalue weighted by molar-refractivity contribution is 5.83. The summed E-state index contributed by atoms with van der Waals surface area (Å²) in [6, 6.07) is 0. The van der Waals surface area contributed by atoms with Crippen LogP contribution in [-0.2, 0) is 19.1 Å². The van der Waals surface area contributed by atoms with Gasteiger partial charge < -0.3 is 14.6 Å². The zero-order chi connectivity index (χ0) is 22.5. The number of ketones is 1. The molecule has 0 bridgehead atoms. The van der Waals surface area contributed by atoms with Crippen LogP contribution < -0.4 is 0 Å². The highest BCUT2D eigenvalue weighted by Gasteiger charge is 2.33. The van der Waals surface area contributed by atoms with E-state index in [1.165, 1.54) is 0 Å². The van der Waals surface area contributed by atoms with Crippen molar-refractivity contribution in [3.8, 4) is 11.8 Å². The molecule has 0 amide bonds. The molecule has 1 aliphatic carbocycles. The van der Waals surface area contributed by atoms with Gasteiger partial charge in [0.15, 0.2) is 6.29 Å². The summed E-state index contributed by atoms with van der Waals surface area (Å²) in [7, 11) is 0. The summed E-state index contributed by atoms with van der Waals surface area (Å²) in [5.74, 6) is 5.85. The number of ether oxygens (including phenoxy) is 2. The summed E-state index contributed by atoms with van der Waals surface area (Å²) < 4.78 is 12.2. The molecule has 5 heteroatoms. The van der Waals surface area contributed by atoms with Crippen LogP contribution in [-0.4, -0.2) is 35.4 Å². The minimum absolute atomic E-state index is 0.00223. The van der Waals surface area contributed by atoms with Crippen LogP contribution in [0.15, 0.2) is 24.3 Å². The third-order valence-electron chi connectivity index (χ3n) is 6.13. The minimum atomic E-state index is -0.765. The Bertz CT molecular complexity index is 692. The van der Waals surface area contributed by atoms with Crippen LogP contribution in [0.2, 0.25) is 0 Å². The van der Waals surface area contributed by atoms with Gasteiger partial charge in [-0.05, 0) is 71.1 Å². The summed E-state index contributed by atoms with van der Waals surface area (Å²) in [4.78, 5) is 23.0. The number of carboxylic acids is 1. The molecule has 1 saturated heterocycles. The molecule has 2 rings (SSSR count). The first-order valence-corrected chi connectivity index (χ1v) is 11.7. The van der Waals surface area contributed by atoms with Gasteiger partial charge in [-0.3, -0.25) is 9.59 Å². The molecule has 2 unspecified atom stereocenters. The molecule has 2 aliphatic rings. The molecule has 172 valence electrons. The maximum atomic E-state index is 12.4. The Kier molecular flexibility index (Phi) is 11.0. The van der Waals surface area contributed by atoms with Crippen LogP contribution in [0.25, 0.3) is 0 Å². The van der Waals surface area contributed by atoms with Crippen molar-refractivity contribution in [3.63, 3.8) is 0 Å². The Hall–Kier alpha value is -1.90. The van der Waals surface area contributed by atoms with Crippen LogP contribution in [0.1, 0.15) is 84.5 Å². The average Bonchev–Trinajstić information content (AvgIpc) is 3.09. The highest BCUT2D eigenvalue weighted by atomic mass is 16.7. The molecule has 0 spiro atoms. The number of allylic oxidation sites excluding steroid dienone is 3. The first-order valence-electron chi connectivity index (χ1n) is 11.7. The topological polar surface area (TPSA) is 72.8 Å². The molecule has 0 aromatic rings. The molecule has 1 saturated carbocycles. The van der Waals surface area contributed by atoms with Gasteiger partial charge in [-0.2, -0.15) is 0 Å². The molecular formula is C26H38O5. The molecular weight excluding hydrogens is 392 g/mol. The van der Waals surface area contributed by atoms with Crippen molar-refractivity contribution in [3.05, 3.63) is 24.3 Å². The quantitative estimate of drug-likeness (QED) is 0.253. The van der Waals surface area contributed by atoms with Gasteiger partial charge in [-0.1, -0.05) is 24.3 Å². The molecule has 31 heavy (non-hydrogen) atoms. The van der Waals surface area contributed by atoms with Crippen LogP contribution in [0, 0.1) is 23.7 Å². The predicted molar refractivity (Wildman–Crippen MR) is 121 cm³/mol. The molecule has 0 radical (unpaired) electrons. The number of carbonyl (C=O) groups excluding carboxylic acids is 1. The lowest BCUT2D eigenvalue weighted by Crippen LogP contribution is -2.35. The Morgan fingerprint density at radius 2 is 2.16 bits per heavy atom.